The Morgan fingerprint density at radius 1 is 1.12 bits per heavy atom. The van der Waals surface area contributed by atoms with Crippen LogP contribution in [0.3, 0.4) is 0 Å². The van der Waals surface area contributed by atoms with E-state index in [9.17, 15) is 9.90 Å². The molecule has 3 rings (SSSR count). The maximum Gasteiger partial charge on any atom is 0.308 e. The fourth-order valence-corrected chi connectivity index (χ4v) is 3.63. The molecule has 0 unspecified atom stereocenters. The van der Waals surface area contributed by atoms with Crippen molar-refractivity contribution < 1.29 is 28.2 Å². The van der Waals surface area contributed by atoms with Crippen LogP contribution in [0.2, 0.25) is 0 Å². The molecule has 6 nitrogen and oxygen atoms in total. The fourth-order valence-electron chi connectivity index (χ4n) is 3.63. The number of rotatable bonds is 11. The third-order valence-corrected chi connectivity index (χ3v) is 5.52. The van der Waals surface area contributed by atoms with Crippen LogP contribution in [0.1, 0.15) is 46.0 Å². The summed E-state index contributed by atoms with van der Waals surface area (Å²) in [5, 5.41) is 9.18. The summed E-state index contributed by atoms with van der Waals surface area (Å²) in [7, 11) is 0. The van der Waals surface area contributed by atoms with Crippen molar-refractivity contribution in [1.29, 1.82) is 0 Å². The van der Waals surface area contributed by atoms with Crippen LogP contribution in [0.4, 0.5) is 14.5 Å². The first-order valence-corrected chi connectivity index (χ1v) is 11.2. The molecule has 1 saturated heterocycles. The minimum Gasteiger partial charge on any atom is -0.481 e. The lowest BCUT2D eigenvalue weighted by Crippen LogP contribution is -2.23. The summed E-state index contributed by atoms with van der Waals surface area (Å²) in [5.41, 5.74) is 0.325. The number of ether oxygens (including phenoxy) is 2. The van der Waals surface area contributed by atoms with E-state index >= 15 is 8.78 Å². The average Bonchev–Trinajstić information content (AvgIpc) is 3.26. The molecular formula is C24H30F2N2O4. The highest BCUT2D eigenvalue weighted by molar-refractivity contribution is 5.74. The second-order valence-corrected chi connectivity index (χ2v) is 7.96. The van der Waals surface area contributed by atoms with E-state index in [1.165, 1.54) is 12.1 Å². The highest BCUT2D eigenvalue weighted by atomic mass is 19.1. The van der Waals surface area contributed by atoms with Gasteiger partial charge in [0.05, 0.1) is 30.3 Å². The molecule has 8 heteroatoms. The number of anilines is 1. The monoisotopic (exact) mass is 448 g/mol. The fraction of sp³-hybridized carbons (Fsp3) is 0.500. The molecular weight excluding hydrogens is 418 g/mol. The lowest BCUT2D eigenvalue weighted by Gasteiger charge is -2.20. The maximum absolute atomic E-state index is 15.1. The molecule has 0 radical (unpaired) electrons. The number of nitrogens with zero attached hydrogens (tertiary/aromatic N) is 2. The number of carbonyl (C=O) groups is 1. The molecule has 1 aromatic carbocycles. The molecule has 0 saturated carbocycles. The van der Waals surface area contributed by atoms with E-state index in [2.05, 4.69) is 11.9 Å². The number of aliphatic carboxylic acids is 1. The molecule has 2 aromatic rings. The first-order valence-electron chi connectivity index (χ1n) is 11.2. The lowest BCUT2D eigenvalue weighted by atomic mass is 10.0. The molecule has 0 bridgehead atoms. The Bertz CT molecular complexity index is 915. The standard InChI is InChI=1S/C24H30F2N2O4/c1-3-5-11-31-21-8-7-18(23(27-21)32-12-6-4-2)22-19(25)13-17(14-20(22)26)28-10-9-16(15-28)24(29)30/h7-8,13-14,16H,3-6,9-12,15H2,1-2H3,(H,29,30)/t16-/m1/s1. The van der Waals surface area contributed by atoms with E-state index in [1.54, 1.807) is 17.0 Å². The number of unbranched alkanes of at least 4 members (excludes halogenated alkanes) is 2. The zero-order chi connectivity index (χ0) is 23.1. The zero-order valence-electron chi connectivity index (χ0n) is 18.6. The van der Waals surface area contributed by atoms with E-state index in [1.807, 2.05) is 6.92 Å². The SMILES string of the molecule is CCCCOc1ccc(-c2c(F)cc(N3CC[C@@H](C(=O)O)C3)cc2F)c(OCCCC)n1. The molecule has 1 aromatic heterocycles. The van der Waals surface area contributed by atoms with Crippen LogP contribution in [-0.4, -0.2) is 42.4 Å². The van der Waals surface area contributed by atoms with Gasteiger partial charge in [-0.2, -0.15) is 4.98 Å². The number of hydrogen-bond donors (Lipinski definition) is 1. The predicted molar refractivity (Wildman–Crippen MR) is 118 cm³/mol. The maximum atomic E-state index is 15.1. The Morgan fingerprint density at radius 2 is 1.78 bits per heavy atom. The van der Waals surface area contributed by atoms with Crippen LogP contribution in [0.15, 0.2) is 24.3 Å². The van der Waals surface area contributed by atoms with Gasteiger partial charge in [0.2, 0.25) is 11.8 Å². The van der Waals surface area contributed by atoms with Gasteiger partial charge in [0.1, 0.15) is 11.6 Å². The summed E-state index contributed by atoms with van der Waals surface area (Å²) < 4.78 is 41.6. The zero-order valence-corrected chi connectivity index (χ0v) is 18.6. The molecule has 0 spiro atoms. The van der Waals surface area contributed by atoms with Crippen molar-refractivity contribution in [3.05, 3.63) is 35.9 Å². The van der Waals surface area contributed by atoms with Crippen molar-refractivity contribution in [2.45, 2.75) is 46.0 Å². The van der Waals surface area contributed by atoms with E-state index in [-0.39, 0.29) is 23.6 Å². The summed E-state index contributed by atoms with van der Waals surface area (Å²) in [4.78, 5) is 17.2. The highest BCUT2D eigenvalue weighted by Gasteiger charge is 2.29. The average molecular weight is 449 g/mol. The third kappa shape index (κ3) is 5.66. The topological polar surface area (TPSA) is 71.9 Å². The Kier molecular flexibility index (Phi) is 8.25. The molecule has 1 fully saturated rings. The largest absolute Gasteiger partial charge is 0.481 e. The van der Waals surface area contributed by atoms with Crippen LogP contribution in [0.5, 0.6) is 11.8 Å². The number of hydrogen-bond acceptors (Lipinski definition) is 5. The smallest absolute Gasteiger partial charge is 0.308 e. The Labute approximate surface area is 187 Å². The Morgan fingerprint density at radius 3 is 2.38 bits per heavy atom. The van der Waals surface area contributed by atoms with Crippen molar-refractivity contribution in [1.82, 2.24) is 4.98 Å². The highest BCUT2D eigenvalue weighted by Crippen LogP contribution is 2.37. The van der Waals surface area contributed by atoms with E-state index in [4.69, 9.17) is 9.47 Å². The number of pyridine rings is 1. The normalized spacial score (nSPS) is 15.8. The summed E-state index contributed by atoms with van der Waals surface area (Å²) in [5.74, 6) is -2.45. The molecule has 1 atom stereocenters. The van der Waals surface area contributed by atoms with Gasteiger partial charge in [-0.15, -0.1) is 0 Å². The van der Waals surface area contributed by atoms with Crippen LogP contribution < -0.4 is 14.4 Å². The summed E-state index contributed by atoms with van der Waals surface area (Å²) >= 11 is 0. The van der Waals surface area contributed by atoms with E-state index in [0.29, 0.717) is 37.7 Å². The van der Waals surface area contributed by atoms with Gasteiger partial charge in [-0.05, 0) is 37.5 Å². The predicted octanol–water partition coefficient (Wildman–Crippen LogP) is 5.30. The summed E-state index contributed by atoms with van der Waals surface area (Å²) in [6.45, 7) is 5.62. The first kappa shape index (κ1) is 23.8. The third-order valence-electron chi connectivity index (χ3n) is 5.52. The van der Waals surface area contributed by atoms with Gasteiger partial charge >= 0.3 is 5.97 Å². The number of aromatic nitrogens is 1. The molecule has 32 heavy (non-hydrogen) atoms. The van der Waals surface area contributed by atoms with Crippen LogP contribution >= 0.6 is 0 Å². The molecule has 1 aliphatic heterocycles. The van der Waals surface area contributed by atoms with Crippen LogP contribution in [-0.2, 0) is 4.79 Å². The summed E-state index contributed by atoms with van der Waals surface area (Å²) in [6, 6.07) is 5.63. The van der Waals surface area contributed by atoms with Crippen molar-refractivity contribution in [2.75, 3.05) is 31.2 Å². The van der Waals surface area contributed by atoms with E-state index in [0.717, 1.165) is 25.7 Å². The van der Waals surface area contributed by atoms with Crippen molar-refractivity contribution in [3.63, 3.8) is 0 Å². The molecule has 1 N–H and O–H groups in total. The molecule has 174 valence electrons. The van der Waals surface area contributed by atoms with Gasteiger partial charge in [0.15, 0.2) is 0 Å². The van der Waals surface area contributed by atoms with Crippen molar-refractivity contribution in [3.8, 4) is 22.9 Å². The minimum absolute atomic E-state index is 0.130. The van der Waals surface area contributed by atoms with E-state index < -0.39 is 23.5 Å². The summed E-state index contributed by atoms with van der Waals surface area (Å²) in [6.07, 6.45) is 3.99. The van der Waals surface area contributed by atoms with Gasteiger partial charge in [-0.3, -0.25) is 4.79 Å². The van der Waals surface area contributed by atoms with Crippen LogP contribution in [0.25, 0.3) is 11.1 Å². The first-order chi connectivity index (χ1) is 15.4. The van der Waals surface area contributed by atoms with Gasteiger partial charge in [-0.25, -0.2) is 8.78 Å². The van der Waals surface area contributed by atoms with Gasteiger partial charge in [0.25, 0.3) is 0 Å². The number of halogens is 2. The number of carboxylic acid groups (broad SMARTS) is 1. The lowest BCUT2D eigenvalue weighted by molar-refractivity contribution is -0.140. The Hall–Kier alpha value is -2.90. The number of benzene rings is 1. The number of carboxylic acids is 1. The second kappa shape index (κ2) is 11.1. The Balaban J connectivity index is 1.90. The van der Waals surface area contributed by atoms with Gasteiger partial charge in [-0.1, -0.05) is 26.7 Å². The van der Waals surface area contributed by atoms with Crippen LogP contribution in [0, 0.1) is 17.6 Å². The molecule has 2 heterocycles. The van der Waals surface area contributed by atoms with Gasteiger partial charge < -0.3 is 19.5 Å². The second-order valence-electron chi connectivity index (χ2n) is 7.96. The molecule has 0 aliphatic carbocycles. The van der Waals surface area contributed by atoms with Crippen molar-refractivity contribution >= 4 is 11.7 Å². The molecule has 0 amide bonds. The quantitative estimate of drug-likeness (QED) is 0.471. The van der Waals surface area contributed by atoms with Gasteiger partial charge in [0, 0.05) is 24.8 Å². The molecule has 1 aliphatic rings. The minimum atomic E-state index is -0.897. The van der Waals surface area contributed by atoms with Crippen molar-refractivity contribution in [2.24, 2.45) is 5.92 Å².